The zero-order chi connectivity index (χ0) is 15.4. The summed E-state index contributed by atoms with van der Waals surface area (Å²) < 4.78 is 0. The topological polar surface area (TPSA) is 32.3 Å². The number of carbonyl (C=O) groups excluding carboxylic acids is 1. The van der Waals surface area contributed by atoms with Crippen LogP contribution in [0.25, 0.3) is 0 Å². The molecule has 0 bridgehead atoms. The Hall–Kier alpha value is -2.29. The van der Waals surface area contributed by atoms with Crippen molar-refractivity contribution in [1.82, 2.24) is 10.2 Å². The van der Waals surface area contributed by atoms with Gasteiger partial charge < -0.3 is 10.2 Å². The van der Waals surface area contributed by atoms with Crippen molar-refractivity contribution in [3.05, 3.63) is 71.3 Å². The van der Waals surface area contributed by atoms with Crippen LogP contribution in [-0.4, -0.2) is 17.5 Å². The number of carbonyl (C=O) groups is 1. The summed E-state index contributed by atoms with van der Waals surface area (Å²) in [4.78, 5) is 14.5. The summed E-state index contributed by atoms with van der Waals surface area (Å²) in [5, 5.41) is 3.04. The Labute approximate surface area is 132 Å². The molecule has 0 unspecified atom stereocenters. The number of likely N-dealkylation sites (tertiary alicyclic amines) is 1. The standard InChI is InChI=1S/C19H22N2O/c1-15-7-5-10-17(13-15)18-11-6-12-21(18)19(22)20-14-16-8-3-2-4-9-16/h2-5,7-10,13,18H,6,11-12,14H2,1H3,(H,20,22)/t18-/m1/s1. The molecule has 0 radical (unpaired) electrons. The zero-order valence-electron chi connectivity index (χ0n) is 13.0. The molecule has 0 spiro atoms. The number of amides is 2. The van der Waals surface area contributed by atoms with E-state index in [0.29, 0.717) is 6.54 Å². The van der Waals surface area contributed by atoms with Crippen molar-refractivity contribution >= 4 is 6.03 Å². The summed E-state index contributed by atoms with van der Waals surface area (Å²) in [6, 6.07) is 18.8. The van der Waals surface area contributed by atoms with E-state index < -0.39 is 0 Å². The molecule has 114 valence electrons. The molecule has 0 aromatic heterocycles. The van der Waals surface area contributed by atoms with E-state index in [9.17, 15) is 4.79 Å². The molecule has 2 aromatic rings. The first-order valence-corrected chi connectivity index (χ1v) is 7.89. The van der Waals surface area contributed by atoms with Crippen LogP contribution in [0, 0.1) is 6.92 Å². The van der Waals surface area contributed by atoms with Crippen LogP contribution in [0.1, 0.15) is 35.6 Å². The lowest BCUT2D eigenvalue weighted by Gasteiger charge is -2.25. The fourth-order valence-corrected chi connectivity index (χ4v) is 3.11. The second-order valence-corrected chi connectivity index (χ2v) is 5.91. The maximum atomic E-state index is 12.5. The Bertz CT molecular complexity index is 639. The molecule has 1 aliphatic heterocycles. The van der Waals surface area contributed by atoms with Gasteiger partial charge in [-0.05, 0) is 30.9 Å². The fraction of sp³-hybridized carbons (Fsp3) is 0.316. The van der Waals surface area contributed by atoms with Crippen LogP contribution in [-0.2, 0) is 6.54 Å². The van der Waals surface area contributed by atoms with Gasteiger partial charge in [-0.1, -0.05) is 60.2 Å². The van der Waals surface area contributed by atoms with E-state index in [4.69, 9.17) is 0 Å². The normalized spacial score (nSPS) is 17.5. The van der Waals surface area contributed by atoms with Gasteiger partial charge in [0.25, 0.3) is 0 Å². The third kappa shape index (κ3) is 3.30. The number of rotatable bonds is 3. The molecule has 2 aromatic carbocycles. The Kier molecular flexibility index (Phi) is 4.42. The molecule has 2 amide bonds. The Morgan fingerprint density at radius 2 is 2.00 bits per heavy atom. The number of urea groups is 1. The van der Waals surface area contributed by atoms with Gasteiger partial charge in [0.15, 0.2) is 0 Å². The van der Waals surface area contributed by atoms with Gasteiger partial charge in [-0.2, -0.15) is 0 Å². The SMILES string of the molecule is Cc1cccc([C@H]2CCCN2C(=O)NCc2ccccc2)c1. The van der Waals surface area contributed by atoms with Crippen molar-refractivity contribution < 1.29 is 4.79 Å². The van der Waals surface area contributed by atoms with Gasteiger partial charge in [0.1, 0.15) is 0 Å². The molecule has 1 heterocycles. The summed E-state index contributed by atoms with van der Waals surface area (Å²) in [5.41, 5.74) is 3.61. The molecule has 0 aliphatic carbocycles. The number of hydrogen-bond donors (Lipinski definition) is 1. The maximum Gasteiger partial charge on any atom is 0.318 e. The highest BCUT2D eigenvalue weighted by Gasteiger charge is 2.29. The largest absolute Gasteiger partial charge is 0.334 e. The predicted octanol–water partition coefficient (Wildman–Crippen LogP) is 4.04. The molecule has 0 saturated carbocycles. The number of nitrogens with one attached hydrogen (secondary N) is 1. The molecule has 1 saturated heterocycles. The first-order chi connectivity index (χ1) is 10.7. The van der Waals surface area contributed by atoms with Crippen LogP contribution < -0.4 is 5.32 Å². The van der Waals surface area contributed by atoms with Gasteiger partial charge in [0.05, 0.1) is 6.04 Å². The minimum atomic E-state index is 0.0351. The van der Waals surface area contributed by atoms with Crippen molar-refractivity contribution in [1.29, 1.82) is 0 Å². The van der Waals surface area contributed by atoms with E-state index in [1.54, 1.807) is 0 Å². The van der Waals surface area contributed by atoms with Crippen LogP contribution in [0.5, 0.6) is 0 Å². The minimum Gasteiger partial charge on any atom is -0.334 e. The van der Waals surface area contributed by atoms with Crippen molar-refractivity contribution in [3.63, 3.8) is 0 Å². The summed E-state index contributed by atoms with van der Waals surface area (Å²) >= 11 is 0. The Morgan fingerprint density at radius 3 is 2.77 bits per heavy atom. The second kappa shape index (κ2) is 6.65. The van der Waals surface area contributed by atoms with Gasteiger partial charge >= 0.3 is 6.03 Å². The minimum absolute atomic E-state index is 0.0351. The first kappa shape index (κ1) is 14.6. The molecule has 3 heteroatoms. The van der Waals surface area contributed by atoms with Crippen LogP contribution in [0.3, 0.4) is 0 Å². The molecule has 1 atom stereocenters. The van der Waals surface area contributed by atoms with E-state index in [1.807, 2.05) is 35.2 Å². The van der Waals surface area contributed by atoms with E-state index >= 15 is 0 Å². The van der Waals surface area contributed by atoms with E-state index in [0.717, 1.165) is 24.9 Å². The van der Waals surface area contributed by atoms with Gasteiger partial charge in [0.2, 0.25) is 0 Å². The average molecular weight is 294 g/mol. The molecular weight excluding hydrogens is 272 g/mol. The summed E-state index contributed by atoms with van der Waals surface area (Å²) in [5.74, 6) is 0. The molecule has 1 fully saturated rings. The van der Waals surface area contributed by atoms with Crippen molar-refractivity contribution in [2.24, 2.45) is 0 Å². The second-order valence-electron chi connectivity index (χ2n) is 5.91. The highest BCUT2D eigenvalue weighted by molar-refractivity contribution is 5.75. The van der Waals surface area contributed by atoms with Crippen LogP contribution in [0.15, 0.2) is 54.6 Å². The highest BCUT2D eigenvalue weighted by Crippen LogP contribution is 2.32. The zero-order valence-corrected chi connectivity index (χ0v) is 13.0. The number of aryl methyl sites for hydroxylation is 1. The molecule has 1 aliphatic rings. The molecular formula is C19H22N2O. The van der Waals surface area contributed by atoms with Crippen molar-refractivity contribution in [2.45, 2.75) is 32.4 Å². The third-order valence-electron chi connectivity index (χ3n) is 4.23. The van der Waals surface area contributed by atoms with Gasteiger partial charge in [-0.15, -0.1) is 0 Å². The number of benzene rings is 2. The van der Waals surface area contributed by atoms with Gasteiger partial charge in [-0.3, -0.25) is 0 Å². The third-order valence-corrected chi connectivity index (χ3v) is 4.23. The monoisotopic (exact) mass is 294 g/mol. The van der Waals surface area contributed by atoms with Crippen molar-refractivity contribution in [2.75, 3.05) is 6.54 Å². The predicted molar refractivity (Wildman–Crippen MR) is 88.5 cm³/mol. The summed E-state index contributed by atoms with van der Waals surface area (Å²) in [6.07, 6.45) is 2.11. The molecule has 22 heavy (non-hydrogen) atoms. The van der Waals surface area contributed by atoms with E-state index in [1.165, 1.54) is 11.1 Å². The molecule has 3 nitrogen and oxygen atoms in total. The number of nitrogens with zero attached hydrogens (tertiary/aromatic N) is 1. The van der Waals surface area contributed by atoms with Gasteiger partial charge in [0, 0.05) is 13.1 Å². The van der Waals surface area contributed by atoms with Crippen LogP contribution in [0.2, 0.25) is 0 Å². The van der Waals surface area contributed by atoms with Crippen LogP contribution >= 0.6 is 0 Å². The smallest absolute Gasteiger partial charge is 0.318 e. The summed E-state index contributed by atoms with van der Waals surface area (Å²) in [7, 11) is 0. The fourth-order valence-electron chi connectivity index (χ4n) is 3.11. The average Bonchev–Trinajstić information content (AvgIpc) is 3.03. The highest BCUT2D eigenvalue weighted by atomic mass is 16.2. The molecule has 3 rings (SSSR count). The maximum absolute atomic E-state index is 12.5. The van der Waals surface area contributed by atoms with E-state index in [-0.39, 0.29) is 12.1 Å². The lowest BCUT2D eigenvalue weighted by molar-refractivity contribution is 0.192. The van der Waals surface area contributed by atoms with Gasteiger partial charge in [-0.25, -0.2) is 4.79 Å². The lowest BCUT2D eigenvalue weighted by atomic mass is 10.0. The number of hydrogen-bond acceptors (Lipinski definition) is 1. The van der Waals surface area contributed by atoms with Crippen molar-refractivity contribution in [3.8, 4) is 0 Å². The first-order valence-electron chi connectivity index (χ1n) is 7.89. The Balaban J connectivity index is 1.66. The van der Waals surface area contributed by atoms with E-state index in [2.05, 4.69) is 36.5 Å². The quantitative estimate of drug-likeness (QED) is 0.910. The Morgan fingerprint density at radius 1 is 1.18 bits per heavy atom. The molecule has 1 N–H and O–H groups in total. The van der Waals surface area contributed by atoms with Crippen LogP contribution in [0.4, 0.5) is 4.79 Å². The lowest BCUT2D eigenvalue weighted by Crippen LogP contribution is -2.39. The summed E-state index contributed by atoms with van der Waals surface area (Å²) in [6.45, 7) is 3.51.